The molecule has 9 heteroatoms. The maximum atomic E-state index is 12.5. The number of aliphatic hydroxyl groups excluding tert-OH is 1. The van der Waals surface area contributed by atoms with Crippen molar-refractivity contribution in [3.63, 3.8) is 0 Å². The Bertz CT molecular complexity index is 973. The van der Waals surface area contributed by atoms with E-state index < -0.39 is 24.5 Å². The highest BCUT2D eigenvalue weighted by Gasteiger charge is 2.21. The number of nitrogens with zero attached hydrogens (tertiary/aromatic N) is 3. The lowest BCUT2D eigenvalue weighted by atomic mass is 10.0. The number of carbonyl (C=O) groups excluding carboxylic acids is 3. The van der Waals surface area contributed by atoms with Crippen LogP contribution < -0.4 is 10.7 Å². The molecule has 1 heterocycles. The summed E-state index contributed by atoms with van der Waals surface area (Å²) in [4.78, 5) is 37.2. The summed E-state index contributed by atoms with van der Waals surface area (Å²) in [5.41, 5.74) is 3.44. The van der Waals surface area contributed by atoms with Gasteiger partial charge >= 0.3 is 0 Å². The molecule has 0 aliphatic heterocycles. The second-order valence-electron chi connectivity index (χ2n) is 5.83. The van der Waals surface area contributed by atoms with Crippen LogP contribution in [-0.2, 0) is 4.79 Å². The van der Waals surface area contributed by atoms with Gasteiger partial charge in [-0.3, -0.25) is 19.8 Å². The number of aliphatic hydroxyl groups is 1. The Labute approximate surface area is 160 Å². The number of rotatable bonds is 7. The first-order valence-electron chi connectivity index (χ1n) is 8.35. The molecular formula is C19H17N5O4. The normalized spacial score (nSPS) is 11.5. The summed E-state index contributed by atoms with van der Waals surface area (Å²) < 4.78 is 1.19. The summed E-state index contributed by atoms with van der Waals surface area (Å²) in [6, 6.07) is 13.6. The van der Waals surface area contributed by atoms with Gasteiger partial charge in [-0.15, -0.1) is 10.2 Å². The number of ketones is 1. The van der Waals surface area contributed by atoms with Gasteiger partial charge in [0.25, 0.3) is 11.8 Å². The van der Waals surface area contributed by atoms with Gasteiger partial charge in [0.15, 0.2) is 5.78 Å². The standard InChI is InChI=1S/C19H17N5O4/c25-10-16(19(28)23-24-11-20-21-12-24)22-18(27)15-8-4-7-14(9-15)17(26)13-5-2-1-3-6-13/h1-9,11-12,16,25H,10H2,(H,22,27)(H,23,28). The molecule has 2 amide bonds. The molecule has 1 unspecified atom stereocenters. The third-order valence-corrected chi connectivity index (χ3v) is 3.89. The minimum Gasteiger partial charge on any atom is -0.394 e. The van der Waals surface area contributed by atoms with Gasteiger partial charge in [0.1, 0.15) is 18.7 Å². The number of hydrogen-bond donors (Lipinski definition) is 3. The highest BCUT2D eigenvalue weighted by molar-refractivity contribution is 6.10. The van der Waals surface area contributed by atoms with E-state index in [0.29, 0.717) is 11.1 Å². The summed E-state index contributed by atoms with van der Waals surface area (Å²) >= 11 is 0. The Kier molecular flexibility index (Phi) is 5.87. The molecular weight excluding hydrogens is 362 g/mol. The Hall–Kier alpha value is -3.85. The third kappa shape index (κ3) is 4.46. The van der Waals surface area contributed by atoms with Crippen molar-refractivity contribution >= 4 is 17.6 Å². The van der Waals surface area contributed by atoms with Crippen molar-refractivity contribution in [1.82, 2.24) is 20.2 Å². The third-order valence-electron chi connectivity index (χ3n) is 3.89. The van der Waals surface area contributed by atoms with Crippen molar-refractivity contribution in [3.8, 4) is 0 Å². The molecule has 0 saturated heterocycles. The summed E-state index contributed by atoms with van der Waals surface area (Å²) in [5, 5.41) is 18.9. The number of benzene rings is 2. The van der Waals surface area contributed by atoms with Gasteiger partial charge in [0, 0.05) is 16.7 Å². The fraction of sp³-hybridized carbons (Fsp3) is 0.105. The molecule has 142 valence electrons. The van der Waals surface area contributed by atoms with Crippen LogP contribution >= 0.6 is 0 Å². The minimum atomic E-state index is -1.19. The zero-order valence-corrected chi connectivity index (χ0v) is 14.6. The van der Waals surface area contributed by atoms with E-state index in [1.165, 1.54) is 29.5 Å². The molecule has 0 aliphatic rings. The zero-order valence-electron chi connectivity index (χ0n) is 14.6. The van der Waals surface area contributed by atoms with Crippen LogP contribution in [0.3, 0.4) is 0 Å². The smallest absolute Gasteiger partial charge is 0.263 e. The van der Waals surface area contributed by atoms with Crippen molar-refractivity contribution in [2.75, 3.05) is 12.0 Å². The van der Waals surface area contributed by atoms with E-state index in [4.69, 9.17) is 0 Å². The molecule has 0 bridgehead atoms. The second-order valence-corrected chi connectivity index (χ2v) is 5.83. The average Bonchev–Trinajstić information content (AvgIpc) is 3.25. The number of amides is 2. The van der Waals surface area contributed by atoms with Crippen LogP contribution in [0.4, 0.5) is 0 Å². The molecule has 0 saturated carbocycles. The maximum absolute atomic E-state index is 12.5. The highest BCUT2D eigenvalue weighted by Crippen LogP contribution is 2.12. The summed E-state index contributed by atoms with van der Waals surface area (Å²) in [6.07, 6.45) is 2.51. The fourth-order valence-corrected chi connectivity index (χ4v) is 2.46. The number of aromatic nitrogens is 3. The van der Waals surface area contributed by atoms with Crippen molar-refractivity contribution in [2.45, 2.75) is 6.04 Å². The lowest BCUT2D eigenvalue weighted by Crippen LogP contribution is -2.47. The van der Waals surface area contributed by atoms with Crippen LogP contribution in [0.25, 0.3) is 0 Å². The van der Waals surface area contributed by atoms with Crippen molar-refractivity contribution in [1.29, 1.82) is 0 Å². The molecule has 3 rings (SSSR count). The lowest BCUT2D eigenvalue weighted by molar-refractivity contribution is -0.119. The van der Waals surface area contributed by atoms with Crippen LogP contribution in [0.1, 0.15) is 26.3 Å². The minimum absolute atomic E-state index is 0.192. The van der Waals surface area contributed by atoms with E-state index >= 15 is 0 Å². The highest BCUT2D eigenvalue weighted by atomic mass is 16.3. The zero-order chi connectivity index (χ0) is 19.9. The monoisotopic (exact) mass is 379 g/mol. The quantitative estimate of drug-likeness (QED) is 0.509. The van der Waals surface area contributed by atoms with E-state index in [1.807, 2.05) is 0 Å². The molecule has 0 aliphatic carbocycles. The first-order valence-corrected chi connectivity index (χ1v) is 8.35. The molecule has 3 N–H and O–H groups in total. The molecule has 1 atom stereocenters. The van der Waals surface area contributed by atoms with Crippen LogP contribution in [0.2, 0.25) is 0 Å². The number of carbonyl (C=O) groups is 3. The Morgan fingerprint density at radius 3 is 2.25 bits per heavy atom. The summed E-state index contributed by atoms with van der Waals surface area (Å²) in [6.45, 7) is -0.609. The van der Waals surface area contributed by atoms with Crippen LogP contribution in [-0.4, -0.2) is 50.2 Å². The van der Waals surface area contributed by atoms with Crippen molar-refractivity contribution < 1.29 is 19.5 Å². The molecule has 28 heavy (non-hydrogen) atoms. The Balaban J connectivity index is 1.71. The van der Waals surface area contributed by atoms with E-state index in [0.717, 1.165) is 0 Å². The summed E-state index contributed by atoms with van der Waals surface area (Å²) in [7, 11) is 0. The number of hydrogen-bond acceptors (Lipinski definition) is 6. The predicted molar refractivity (Wildman–Crippen MR) is 99.0 cm³/mol. The van der Waals surface area contributed by atoms with Gasteiger partial charge in [0.2, 0.25) is 0 Å². The maximum Gasteiger partial charge on any atom is 0.263 e. The topological polar surface area (TPSA) is 126 Å². The predicted octanol–water partition coefficient (Wildman–Crippen LogP) is 0.370. The molecule has 9 nitrogen and oxygen atoms in total. The Morgan fingerprint density at radius 1 is 0.929 bits per heavy atom. The van der Waals surface area contributed by atoms with Gasteiger partial charge in [-0.25, -0.2) is 4.68 Å². The van der Waals surface area contributed by atoms with E-state index in [2.05, 4.69) is 20.9 Å². The first-order chi connectivity index (χ1) is 13.6. The SMILES string of the molecule is O=C(NC(CO)C(=O)Nn1cnnc1)c1cccc(C(=O)c2ccccc2)c1. The van der Waals surface area contributed by atoms with Gasteiger partial charge in [-0.1, -0.05) is 42.5 Å². The van der Waals surface area contributed by atoms with Crippen LogP contribution in [0.15, 0.2) is 67.3 Å². The second kappa shape index (κ2) is 8.69. The van der Waals surface area contributed by atoms with Gasteiger partial charge in [0.05, 0.1) is 6.61 Å². The molecule has 0 radical (unpaired) electrons. The molecule has 0 spiro atoms. The Morgan fingerprint density at radius 2 is 1.57 bits per heavy atom. The van der Waals surface area contributed by atoms with E-state index in [-0.39, 0.29) is 11.3 Å². The molecule has 2 aromatic carbocycles. The van der Waals surface area contributed by atoms with Crippen molar-refractivity contribution in [2.24, 2.45) is 0 Å². The van der Waals surface area contributed by atoms with Gasteiger partial charge < -0.3 is 10.4 Å². The molecule has 3 aromatic rings. The van der Waals surface area contributed by atoms with E-state index in [9.17, 15) is 19.5 Å². The van der Waals surface area contributed by atoms with Crippen molar-refractivity contribution in [3.05, 3.63) is 83.9 Å². The van der Waals surface area contributed by atoms with Gasteiger partial charge in [-0.2, -0.15) is 0 Å². The van der Waals surface area contributed by atoms with Gasteiger partial charge in [-0.05, 0) is 12.1 Å². The first kappa shape index (κ1) is 18.9. The lowest BCUT2D eigenvalue weighted by Gasteiger charge is -2.16. The number of nitrogens with one attached hydrogen (secondary N) is 2. The average molecular weight is 379 g/mol. The fourth-order valence-electron chi connectivity index (χ4n) is 2.46. The molecule has 1 aromatic heterocycles. The molecule has 0 fully saturated rings. The van der Waals surface area contributed by atoms with Crippen LogP contribution in [0.5, 0.6) is 0 Å². The van der Waals surface area contributed by atoms with Crippen LogP contribution in [0, 0.1) is 0 Å². The summed E-state index contributed by atoms with van der Waals surface area (Å²) in [5.74, 6) is -1.47. The van der Waals surface area contributed by atoms with E-state index in [1.54, 1.807) is 42.5 Å². The largest absolute Gasteiger partial charge is 0.394 e.